The standard InChI is InChI=1S/C22H31P/c1-18-12-7-9-14-20(18)22(16-6-4-3-5-11-17-23)21-15-10-8-13-19(21)2/h7-10,12-15,22H,3-6,11,16-17,23H2,1-2H3. The van der Waals surface area contributed by atoms with Crippen molar-refractivity contribution < 1.29 is 0 Å². The molecule has 2 aromatic rings. The Morgan fingerprint density at radius 3 is 1.70 bits per heavy atom. The average molecular weight is 326 g/mol. The van der Waals surface area contributed by atoms with Crippen molar-refractivity contribution in [2.75, 3.05) is 6.16 Å². The zero-order chi connectivity index (χ0) is 16.5. The lowest BCUT2D eigenvalue weighted by Crippen LogP contribution is -2.05. The minimum atomic E-state index is 0.541. The molecule has 0 saturated heterocycles. The topological polar surface area (TPSA) is 0 Å². The summed E-state index contributed by atoms with van der Waals surface area (Å²) in [6.45, 7) is 4.50. The van der Waals surface area contributed by atoms with Crippen LogP contribution in [0.3, 0.4) is 0 Å². The summed E-state index contributed by atoms with van der Waals surface area (Å²) in [5, 5.41) is 0. The van der Waals surface area contributed by atoms with Gasteiger partial charge in [-0.25, -0.2) is 0 Å². The first-order valence-electron chi connectivity index (χ1n) is 9.05. The van der Waals surface area contributed by atoms with Crippen LogP contribution in [0.4, 0.5) is 0 Å². The molecule has 0 radical (unpaired) electrons. The maximum Gasteiger partial charge on any atom is 0.00945 e. The number of benzene rings is 2. The van der Waals surface area contributed by atoms with Crippen molar-refractivity contribution in [1.29, 1.82) is 0 Å². The quantitative estimate of drug-likeness (QED) is 0.357. The molecular weight excluding hydrogens is 295 g/mol. The van der Waals surface area contributed by atoms with E-state index < -0.39 is 0 Å². The third-order valence-electron chi connectivity index (χ3n) is 4.82. The van der Waals surface area contributed by atoms with E-state index in [9.17, 15) is 0 Å². The van der Waals surface area contributed by atoms with Crippen molar-refractivity contribution in [2.45, 2.75) is 58.3 Å². The van der Waals surface area contributed by atoms with Crippen molar-refractivity contribution in [2.24, 2.45) is 0 Å². The highest BCUT2D eigenvalue weighted by molar-refractivity contribution is 7.16. The molecule has 0 aliphatic carbocycles. The molecule has 1 heteroatoms. The van der Waals surface area contributed by atoms with Crippen LogP contribution in [-0.2, 0) is 0 Å². The summed E-state index contributed by atoms with van der Waals surface area (Å²) in [6, 6.07) is 17.8. The summed E-state index contributed by atoms with van der Waals surface area (Å²) in [6.07, 6.45) is 9.30. The lowest BCUT2D eigenvalue weighted by atomic mass is 9.83. The first-order valence-corrected chi connectivity index (χ1v) is 9.87. The lowest BCUT2D eigenvalue weighted by Gasteiger charge is -2.22. The average Bonchev–Trinajstić information content (AvgIpc) is 2.56. The van der Waals surface area contributed by atoms with Gasteiger partial charge in [-0.3, -0.25) is 0 Å². The summed E-state index contributed by atoms with van der Waals surface area (Å²) in [5.41, 5.74) is 5.85. The molecule has 1 atom stereocenters. The van der Waals surface area contributed by atoms with Gasteiger partial charge in [0, 0.05) is 5.92 Å². The molecule has 0 heterocycles. The minimum Gasteiger partial charge on any atom is -0.138 e. The molecule has 124 valence electrons. The largest absolute Gasteiger partial charge is 0.138 e. The van der Waals surface area contributed by atoms with Crippen LogP contribution in [0.5, 0.6) is 0 Å². The first kappa shape index (κ1) is 18.2. The predicted octanol–water partition coefficient (Wildman–Crippen LogP) is 6.65. The molecule has 0 saturated carbocycles. The smallest absolute Gasteiger partial charge is 0.00945 e. The molecule has 0 nitrogen and oxygen atoms in total. The van der Waals surface area contributed by atoms with E-state index in [0.29, 0.717) is 5.92 Å². The van der Waals surface area contributed by atoms with Crippen molar-refractivity contribution >= 4 is 9.24 Å². The van der Waals surface area contributed by atoms with Gasteiger partial charge in [-0.05, 0) is 55.1 Å². The molecule has 0 amide bonds. The van der Waals surface area contributed by atoms with Gasteiger partial charge in [-0.1, -0.05) is 74.2 Å². The van der Waals surface area contributed by atoms with Crippen LogP contribution >= 0.6 is 9.24 Å². The van der Waals surface area contributed by atoms with Gasteiger partial charge < -0.3 is 0 Å². The van der Waals surface area contributed by atoms with Crippen LogP contribution in [-0.4, -0.2) is 6.16 Å². The second kappa shape index (κ2) is 9.89. The molecule has 0 bridgehead atoms. The molecule has 0 spiro atoms. The second-order valence-electron chi connectivity index (χ2n) is 6.61. The SMILES string of the molecule is Cc1ccccc1C(CCCCCCCP)c1ccccc1C. The molecule has 0 aliphatic rings. The summed E-state index contributed by atoms with van der Waals surface area (Å²) < 4.78 is 0. The van der Waals surface area contributed by atoms with Crippen molar-refractivity contribution in [3.63, 3.8) is 0 Å². The molecule has 0 N–H and O–H groups in total. The van der Waals surface area contributed by atoms with Crippen LogP contribution < -0.4 is 0 Å². The van der Waals surface area contributed by atoms with Crippen LogP contribution in [0, 0.1) is 13.8 Å². The third kappa shape index (κ3) is 5.47. The molecule has 1 unspecified atom stereocenters. The van der Waals surface area contributed by atoms with Crippen LogP contribution in [0.25, 0.3) is 0 Å². The summed E-state index contributed by atoms with van der Waals surface area (Å²) in [7, 11) is 2.83. The van der Waals surface area contributed by atoms with E-state index in [-0.39, 0.29) is 0 Å². The molecule has 0 aliphatic heterocycles. The molecule has 2 rings (SSSR count). The van der Waals surface area contributed by atoms with E-state index >= 15 is 0 Å². The second-order valence-corrected chi connectivity index (χ2v) is 7.19. The fourth-order valence-electron chi connectivity index (χ4n) is 3.46. The monoisotopic (exact) mass is 326 g/mol. The predicted molar refractivity (Wildman–Crippen MR) is 106 cm³/mol. The van der Waals surface area contributed by atoms with Crippen LogP contribution in [0.1, 0.15) is 66.7 Å². The summed E-state index contributed by atoms with van der Waals surface area (Å²) in [5.74, 6) is 0.541. The Bertz CT molecular complexity index is 543. The van der Waals surface area contributed by atoms with Crippen molar-refractivity contribution in [3.05, 3.63) is 70.8 Å². The Morgan fingerprint density at radius 2 is 1.17 bits per heavy atom. The van der Waals surface area contributed by atoms with Gasteiger partial charge >= 0.3 is 0 Å². The number of hydrogen-bond acceptors (Lipinski definition) is 0. The highest BCUT2D eigenvalue weighted by atomic mass is 31.0. The van der Waals surface area contributed by atoms with Gasteiger partial charge in [0.25, 0.3) is 0 Å². The Hall–Kier alpha value is -1.13. The van der Waals surface area contributed by atoms with E-state index in [4.69, 9.17) is 0 Å². The Morgan fingerprint density at radius 1 is 0.696 bits per heavy atom. The van der Waals surface area contributed by atoms with E-state index in [1.807, 2.05) is 0 Å². The lowest BCUT2D eigenvalue weighted by molar-refractivity contribution is 0.579. The maximum absolute atomic E-state index is 2.83. The fourth-order valence-corrected chi connectivity index (χ4v) is 3.75. The van der Waals surface area contributed by atoms with Gasteiger partial charge in [-0.15, -0.1) is 9.24 Å². The molecule has 2 aromatic carbocycles. The van der Waals surface area contributed by atoms with E-state index in [0.717, 1.165) is 0 Å². The molecule has 23 heavy (non-hydrogen) atoms. The van der Waals surface area contributed by atoms with Crippen molar-refractivity contribution in [3.8, 4) is 0 Å². The highest BCUT2D eigenvalue weighted by Gasteiger charge is 2.17. The van der Waals surface area contributed by atoms with Gasteiger partial charge in [0.1, 0.15) is 0 Å². The van der Waals surface area contributed by atoms with Gasteiger partial charge in [0.15, 0.2) is 0 Å². The summed E-state index contributed by atoms with van der Waals surface area (Å²) >= 11 is 0. The highest BCUT2D eigenvalue weighted by Crippen LogP contribution is 2.33. The zero-order valence-electron chi connectivity index (χ0n) is 14.7. The Balaban J connectivity index is 2.10. The number of unbranched alkanes of at least 4 members (excludes halogenated alkanes) is 4. The number of hydrogen-bond donors (Lipinski definition) is 0. The summed E-state index contributed by atoms with van der Waals surface area (Å²) in [4.78, 5) is 0. The Kier molecular flexibility index (Phi) is 7.83. The fraction of sp³-hybridized carbons (Fsp3) is 0.455. The number of rotatable bonds is 9. The van der Waals surface area contributed by atoms with Gasteiger partial charge in [-0.2, -0.15) is 0 Å². The van der Waals surface area contributed by atoms with E-state index in [2.05, 4.69) is 71.6 Å². The van der Waals surface area contributed by atoms with E-state index in [1.165, 1.54) is 66.9 Å². The molecular formula is C22H31P. The number of aryl methyl sites for hydroxylation is 2. The molecule has 0 aromatic heterocycles. The zero-order valence-corrected chi connectivity index (χ0v) is 15.9. The normalized spacial score (nSPS) is 11.1. The van der Waals surface area contributed by atoms with Gasteiger partial charge in [0.05, 0.1) is 0 Å². The Labute approximate surface area is 144 Å². The first-order chi connectivity index (χ1) is 11.2. The minimum absolute atomic E-state index is 0.541. The van der Waals surface area contributed by atoms with Crippen LogP contribution in [0.15, 0.2) is 48.5 Å². The maximum atomic E-state index is 2.83. The van der Waals surface area contributed by atoms with Crippen molar-refractivity contribution in [1.82, 2.24) is 0 Å². The van der Waals surface area contributed by atoms with Crippen LogP contribution in [0.2, 0.25) is 0 Å². The van der Waals surface area contributed by atoms with E-state index in [1.54, 1.807) is 0 Å². The molecule has 0 fully saturated rings. The van der Waals surface area contributed by atoms with Gasteiger partial charge in [0.2, 0.25) is 0 Å². The third-order valence-corrected chi connectivity index (χ3v) is 5.23.